The fourth-order valence-electron chi connectivity index (χ4n) is 3.30. The first-order chi connectivity index (χ1) is 14.6. The maximum atomic E-state index is 13.0. The van der Waals surface area contributed by atoms with Crippen LogP contribution < -0.4 is 5.32 Å². The van der Waals surface area contributed by atoms with Crippen molar-refractivity contribution in [3.8, 4) is 0 Å². The van der Waals surface area contributed by atoms with E-state index in [-0.39, 0.29) is 11.4 Å². The molecule has 0 aromatic heterocycles. The largest absolute Gasteiger partial charge is 0.462 e. The quantitative estimate of drug-likeness (QED) is 0.467. The number of likely N-dealkylation sites (N-methyl/N-ethyl adjacent to an activating group) is 1. The minimum atomic E-state index is -3.82. The highest BCUT2D eigenvalue weighted by Crippen LogP contribution is 2.24. The van der Waals surface area contributed by atoms with Crippen molar-refractivity contribution >= 4 is 27.6 Å². The van der Waals surface area contributed by atoms with Crippen LogP contribution in [0.2, 0.25) is 0 Å². The number of anilines is 1. The van der Waals surface area contributed by atoms with E-state index in [4.69, 9.17) is 4.74 Å². The number of hydrogen-bond acceptors (Lipinski definition) is 5. The first-order valence-corrected chi connectivity index (χ1v) is 11.6. The van der Waals surface area contributed by atoms with E-state index in [9.17, 15) is 18.0 Å². The van der Waals surface area contributed by atoms with Crippen LogP contribution in [0.15, 0.2) is 41.3 Å². The Morgan fingerprint density at radius 2 is 1.61 bits per heavy atom. The number of nitrogens with one attached hydrogen (secondary N) is 1. The van der Waals surface area contributed by atoms with Gasteiger partial charge in [0, 0.05) is 12.7 Å². The van der Waals surface area contributed by atoms with Crippen molar-refractivity contribution in [1.29, 1.82) is 0 Å². The van der Waals surface area contributed by atoms with Crippen LogP contribution in [0.4, 0.5) is 5.69 Å². The van der Waals surface area contributed by atoms with Gasteiger partial charge in [-0.05, 0) is 62.6 Å². The predicted octanol–water partition coefficient (Wildman–Crippen LogP) is 3.83. The Labute approximate surface area is 184 Å². The van der Waals surface area contributed by atoms with Gasteiger partial charge in [-0.2, -0.15) is 4.31 Å². The van der Waals surface area contributed by atoms with Crippen LogP contribution in [0, 0.1) is 20.8 Å². The molecular weight excluding hydrogens is 416 g/mol. The summed E-state index contributed by atoms with van der Waals surface area (Å²) in [5.74, 6) is -0.896. The van der Waals surface area contributed by atoms with E-state index in [0.29, 0.717) is 29.0 Å². The number of sulfonamides is 1. The van der Waals surface area contributed by atoms with Gasteiger partial charge >= 0.3 is 5.97 Å². The molecule has 0 fully saturated rings. The van der Waals surface area contributed by atoms with Gasteiger partial charge in [0.25, 0.3) is 0 Å². The van der Waals surface area contributed by atoms with Crippen molar-refractivity contribution in [2.24, 2.45) is 0 Å². The SMILES string of the molecule is CCCCOC(=O)c1ccc(NC(=O)CN(C)S(=O)(=O)c2c(C)cc(C)cc2C)cc1. The Hall–Kier alpha value is -2.71. The smallest absolute Gasteiger partial charge is 0.338 e. The molecule has 0 radical (unpaired) electrons. The molecule has 0 aliphatic carbocycles. The zero-order valence-electron chi connectivity index (χ0n) is 18.7. The van der Waals surface area contributed by atoms with E-state index in [1.807, 2.05) is 26.0 Å². The molecule has 0 aliphatic rings. The molecule has 2 aromatic rings. The minimum Gasteiger partial charge on any atom is -0.462 e. The van der Waals surface area contributed by atoms with E-state index < -0.39 is 21.9 Å². The van der Waals surface area contributed by atoms with Crippen LogP contribution >= 0.6 is 0 Å². The number of benzene rings is 2. The van der Waals surface area contributed by atoms with Gasteiger partial charge in [0.1, 0.15) is 0 Å². The summed E-state index contributed by atoms with van der Waals surface area (Å²) in [6.07, 6.45) is 1.74. The fraction of sp³-hybridized carbons (Fsp3) is 0.391. The Kier molecular flexibility index (Phi) is 8.36. The summed E-state index contributed by atoms with van der Waals surface area (Å²) in [5.41, 5.74) is 3.12. The van der Waals surface area contributed by atoms with Crippen LogP contribution in [0.1, 0.15) is 46.8 Å². The van der Waals surface area contributed by atoms with Crippen molar-refractivity contribution in [3.63, 3.8) is 0 Å². The van der Waals surface area contributed by atoms with Crippen molar-refractivity contribution in [3.05, 3.63) is 58.7 Å². The molecule has 1 amide bonds. The van der Waals surface area contributed by atoms with E-state index in [1.54, 1.807) is 38.1 Å². The van der Waals surface area contributed by atoms with E-state index in [0.717, 1.165) is 22.7 Å². The van der Waals surface area contributed by atoms with E-state index in [2.05, 4.69) is 5.32 Å². The molecule has 0 bridgehead atoms. The van der Waals surface area contributed by atoms with Gasteiger partial charge in [-0.25, -0.2) is 13.2 Å². The lowest BCUT2D eigenvalue weighted by Crippen LogP contribution is -2.35. The molecule has 1 N–H and O–H groups in total. The summed E-state index contributed by atoms with van der Waals surface area (Å²) >= 11 is 0. The first kappa shape index (κ1) is 24.6. The zero-order valence-corrected chi connectivity index (χ0v) is 19.5. The standard InChI is InChI=1S/C23H30N2O5S/c1-6-7-12-30-23(27)19-8-10-20(11-9-19)24-21(26)15-25(5)31(28,29)22-17(3)13-16(2)14-18(22)4/h8-11,13-14H,6-7,12,15H2,1-5H3,(H,24,26). The number of nitrogens with zero attached hydrogens (tertiary/aromatic N) is 1. The second-order valence-corrected chi connectivity index (χ2v) is 9.59. The molecule has 0 aliphatic heterocycles. The number of aryl methyl sites for hydroxylation is 3. The molecule has 0 spiro atoms. The summed E-state index contributed by atoms with van der Waals surface area (Å²) in [5, 5.41) is 2.66. The first-order valence-electron chi connectivity index (χ1n) is 10.2. The second-order valence-electron chi connectivity index (χ2n) is 7.60. The summed E-state index contributed by atoms with van der Waals surface area (Å²) in [7, 11) is -2.44. The van der Waals surface area contributed by atoms with Gasteiger partial charge in [-0.15, -0.1) is 0 Å². The number of unbranched alkanes of at least 4 members (excludes halogenated alkanes) is 1. The molecule has 0 saturated heterocycles. The Morgan fingerprint density at radius 3 is 2.16 bits per heavy atom. The minimum absolute atomic E-state index is 0.222. The average molecular weight is 447 g/mol. The van der Waals surface area contributed by atoms with Crippen LogP contribution in [-0.4, -0.2) is 44.8 Å². The summed E-state index contributed by atoms with van der Waals surface area (Å²) in [6.45, 7) is 7.44. The lowest BCUT2D eigenvalue weighted by molar-refractivity contribution is -0.116. The number of esters is 1. The zero-order chi connectivity index (χ0) is 23.2. The molecule has 2 rings (SSSR count). The van der Waals surface area contributed by atoms with E-state index in [1.165, 1.54) is 7.05 Å². The number of carbonyl (C=O) groups is 2. The summed E-state index contributed by atoms with van der Waals surface area (Å²) in [4.78, 5) is 24.6. The predicted molar refractivity (Wildman–Crippen MR) is 121 cm³/mol. The van der Waals surface area contributed by atoms with Gasteiger partial charge in [0.15, 0.2) is 0 Å². The van der Waals surface area contributed by atoms with Gasteiger partial charge in [0.2, 0.25) is 15.9 Å². The van der Waals surface area contributed by atoms with Crippen molar-refractivity contribution in [2.45, 2.75) is 45.4 Å². The summed E-state index contributed by atoms with van der Waals surface area (Å²) < 4.78 is 32.2. The normalized spacial score (nSPS) is 11.4. The van der Waals surface area contributed by atoms with Crippen LogP contribution in [-0.2, 0) is 19.6 Å². The van der Waals surface area contributed by atoms with E-state index >= 15 is 0 Å². The molecule has 7 nitrogen and oxygen atoms in total. The third kappa shape index (κ3) is 6.38. The molecule has 2 aromatic carbocycles. The molecule has 168 valence electrons. The third-order valence-electron chi connectivity index (χ3n) is 4.77. The molecular formula is C23H30N2O5S. The Bertz CT molecular complexity index is 1020. The Balaban J connectivity index is 2.03. The second kappa shape index (κ2) is 10.5. The number of carbonyl (C=O) groups excluding carboxylic acids is 2. The van der Waals surface area contributed by atoms with Gasteiger partial charge in [-0.3, -0.25) is 4.79 Å². The number of hydrogen-bond donors (Lipinski definition) is 1. The third-order valence-corrected chi connectivity index (χ3v) is 6.88. The molecule has 31 heavy (non-hydrogen) atoms. The van der Waals surface area contributed by atoms with Gasteiger partial charge < -0.3 is 10.1 Å². The monoisotopic (exact) mass is 446 g/mol. The maximum Gasteiger partial charge on any atom is 0.338 e. The van der Waals surface area contributed by atoms with Crippen molar-refractivity contribution in [1.82, 2.24) is 4.31 Å². The highest BCUT2D eigenvalue weighted by molar-refractivity contribution is 7.89. The molecule has 0 unspecified atom stereocenters. The summed E-state index contributed by atoms with van der Waals surface area (Å²) in [6, 6.07) is 9.89. The highest BCUT2D eigenvalue weighted by atomic mass is 32.2. The number of rotatable bonds is 9. The maximum absolute atomic E-state index is 13.0. The molecule has 8 heteroatoms. The van der Waals surface area contributed by atoms with Crippen LogP contribution in [0.25, 0.3) is 0 Å². The average Bonchev–Trinajstić information content (AvgIpc) is 2.67. The number of amides is 1. The number of ether oxygens (including phenoxy) is 1. The fourth-order valence-corrected chi connectivity index (χ4v) is 4.83. The lowest BCUT2D eigenvalue weighted by Gasteiger charge is -2.20. The lowest BCUT2D eigenvalue weighted by atomic mass is 10.1. The van der Waals surface area contributed by atoms with Gasteiger partial charge in [0.05, 0.1) is 23.6 Å². The van der Waals surface area contributed by atoms with Gasteiger partial charge in [-0.1, -0.05) is 31.0 Å². The van der Waals surface area contributed by atoms with Crippen LogP contribution in [0.5, 0.6) is 0 Å². The molecule has 0 saturated carbocycles. The topological polar surface area (TPSA) is 92.8 Å². The van der Waals surface area contributed by atoms with Crippen molar-refractivity contribution in [2.75, 3.05) is 25.5 Å². The highest BCUT2D eigenvalue weighted by Gasteiger charge is 2.26. The molecule has 0 atom stereocenters. The van der Waals surface area contributed by atoms with Crippen molar-refractivity contribution < 1.29 is 22.7 Å². The van der Waals surface area contributed by atoms with Crippen LogP contribution in [0.3, 0.4) is 0 Å². The Morgan fingerprint density at radius 1 is 1.03 bits per heavy atom. The molecule has 0 heterocycles.